The third-order valence-corrected chi connectivity index (χ3v) is 4.02. The van der Waals surface area contributed by atoms with Gasteiger partial charge in [-0.3, -0.25) is 0 Å². The van der Waals surface area contributed by atoms with E-state index in [1.807, 2.05) is 20.8 Å². The van der Waals surface area contributed by atoms with E-state index in [0.717, 1.165) is 15.6 Å². The summed E-state index contributed by atoms with van der Waals surface area (Å²) in [5.41, 5.74) is 1.35. The molecule has 2 rings (SSSR count). The summed E-state index contributed by atoms with van der Waals surface area (Å²) in [4.78, 5) is 17.2. The Bertz CT molecular complexity index is 627. The number of urea groups is 1. The molecule has 0 saturated carbocycles. The largest absolute Gasteiger partial charge is 0.330 e. The van der Waals surface area contributed by atoms with Crippen molar-refractivity contribution in [2.75, 3.05) is 5.32 Å². The van der Waals surface area contributed by atoms with Crippen molar-refractivity contribution in [3.05, 3.63) is 45.7 Å². The van der Waals surface area contributed by atoms with Crippen molar-refractivity contribution in [1.29, 1.82) is 0 Å². The third kappa shape index (κ3) is 3.54. The minimum atomic E-state index is -0.384. The molecule has 0 unspecified atom stereocenters. The number of halogens is 1. The van der Waals surface area contributed by atoms with Crippen LogP contribution in [0.25, 0.3) is 0 Å². The Kier molecular flexibility index (Phi) is 4.34. The van der Waals surface area contributed by atoms with E-state index >= 15 is 0 Å². The number of carbonyl (C=O) groups is 1. The zero-order chi connectivity index (χ0) is 14.7. The van der Waals surface area contributed by atoms with Gasteiger partial charge in [-0.15, -0.1) is 11.3 Å². The van der Waals surface area contributed by atoms with Crippen molar-refractivity contribution in [2.24, 2.45) is 0 Å². The number of rotatable bonds is 3. The van der Waals surface area contributed by atoms with Crippen molar-refractivity contribution in [2.45, 2.75) is 26.8 Å². The molecular weight excluding hydrogens is 277 g/mol. The van der Waals surface area contributed by atoms with Crippen LogP contribution in [-0.4, -0.2) is 11.0 Å². The Balaban J connectivity index is 1.99. The first-order valence-electron chi connectivity index (χ1n) is 6.22. The van der Waals surface area contributed by atoms with Gasteiger partial charge in [0.1, 0.15) is 5.82 Å². The first kappa shape index (κ1) is 14.5. The summed E-state index contributed by atoms with van der Waals surface area (Å²) in [5, 5.41) is 6.39. The fourth-order valence-corrected chi connectivity index (χ4v) is 2.87. The lowest BCUT2D eigenvalue weighted by Crippen LogP contribution is -2.31. The van der Waals surface area contributed by atoms with Crippen LogP contribution in [-0.2, 0) is 0 Å². The number of carbonyl (C=O) groups excluding carboxylic acids is 1. The van der Waals surface area contributed by atoms with Crippen LogP contribution in [0.1, 0.15) is 28.5 Å². The summed E-state index contributed by atoms with van der Waals surface area (Å²) >= 11 is 1.56. The highest BCUT2D eigenvalue weighted by molar-refractivity contribution is 7.11. The van der Waals surface area contributed by atoms with E-state index in [0.29, 0.717) is 5.69 Å². The highest BCUT2D eigenvalue weighted by atomic mass is 32.1. The lowest BCUT2D eigenvalue weighted by molar-refractivity contribution is 0.249. The maximum Gasteiger partial charge on any atom is 0.319 e. The van der Waals surface area contributed by atoms with Gasteiger partial charge >= 0.3 is 6.03 Å². The first-order chi connectivity index (χ1) is 9.45. The van der Waals surface area contributed by atoms with Crippen LogP contribution in [0.4, 0.5) is 14.9 Å². The zero-order valence-corrected chi connectivity index (χ0v) is 12.3. The topological polar surface area (TPSA) is 54.0 Å². The molecule has 0 spiro atoms. The molecule has 106 valence electrons. The molecule has 2 aromatic rings. The molecule has 0 bridgehead atoms. The quantitative estimate of drug-likeness (QED) is 0.904. The fourth-order valence-electron chi connectivity index (χ4n) is 1.94. The van der Waals surface area contributed by atoms with Gasteiger partial charge in [-0.2, -0.15) is 0 Å². The van der Waals surface area contributed by atoms with Crippen LogP contribution in [0, 0.1) is 19.7 Å². The van der Waals surface area contributed by atoms with Crippen molar-refractivity contribution in [1.82, 2.24) is 10.3 Å². The molecule has 6 heteroatoms. The Morgan fingerprint density at radius 3 is 2.75 bits per heavy atom. The highest BCUT2D eigenvalue weighted by Gasteiger charge is 2.15. The van der Waals surface area contributed by atoms with E-state index in [2.05, 4.69) is 15.6 Å². The Morgan fingerprint density at radius 2 is 2.15 bits per heavy atom. The van der Waals surface area contributed by atoms with Crippen LogP contribution < -0.4 is 10.6 Å². The number of nitrogens with one attached hydrogen (secondary N) is 2. The summed E-state index contributed by atoms with van der Waals surface area (Å²) in [7, 11) is 0. The minimum Gasteiger partial charge on any atom is -0.330 e. The molecule has 0 aliphatic carbocycles. The average Bonchev–Trinajstić information content (AvgIpc) is 2.68. The number of anilines is 1. The fraction of sp³-hybridized carbons (Fsp3) is 0.286. The van der Waals surface area contributed by atoms with Crippen LogP contribution >= 0.6 is 11.3 Å². The van der Waals surface area contributed by atoms with Gasteiger partial charge in [0.05, 0.1) is 16.7 Å². The Morgan fingerprint density at radius 1 is 1.40 bits per heavy atom. The molecule has 0 aliphatic heterocycles. The monoisotopic (exact) mass is 293 g/mol. The zero-order valence-electron chi connectivity index (χ0n) is 11.5. The normalized spacial score (nSPS) is 12.0. The van der Waals surface area contributed by atoms with Gasteiger partial charge in [-0.05, 0) is 39.0 Å². The maximum absolute atomic E-state index is 13.0. The van der Waals surface area contributed by atoms with E-state index in [4.69, 9.17) is 0 Å². The molecule has 1 aromatic carbocycles. The summed E-state index contributed by atoms with van der Waals surface area (Å²) < 4.78 is 13.0. The molecule has 0 radical (unpaired) electrons. The van der Waals surface area contributed by atoms with Crippen LogP contribution in [0.3, 0.4) is 0 Å². The number of aryl methyl sites for hydroxylation is 2. The molecule has 1 heterocycles. The first-order valence-corrected chi connectivity index (χ1v) is 7.04. The molecule has 2 N–H and O–H groups in total. The van der Waals surface area contributed by atoms with Crippen LogP contribution in [0.2, 0.25) is 0 Å². The molecule has 0 saturated heterocycles. The second-order valence-electron chi connectivity index (χ2n) is 4.51. The highest BCUT2D eigenvalue weighted by Crippen LogP contribution is 2.24. The number of amides is 2. The average molecular weight is 293 g/mol. The van der Waals surface area contributed by atoms with Gasteiger partial charge in [0.2, 0.25) is 0 Å². The molecule has 2 amide bonds. The molecule has 1 aromatic heterocycles. The summed E-state index contributed by atoms with van der Waals surface area (Å²) in [6.45, 7) is 5.74. The summed E-state index contributed by atoms with van der Waals surface area (Å²) in [6, 6.07) is 5.27. The molecule has 1 atom stereocenters. The van der Waals surface area contributed by atoms with Crippen molar-refractivity contribution in [3.63, 3.8) is 0 Å². The van der Waals surface area contributed by atoms with Gasteiger partial charge in [0, 0.05) is 10.6 Å². The van der Waals surface area contributed by atoms with Gasteiger partial charge in [-0.25, -0.2) is 14.2 Å². The third-order valence-electron chi connectivity index (χ3n) is 2.76. The second-order valence-corrected chi connectivity index (χ2v) is 5.75. The number of benzene rings is 1. The molecule has 4 nitrogen and oxygen atoms in total. The Hall–Kier alpha value is -1.95. The molecule has 0 aliphatic rings. The lowest BCUT2D eigenvalue weighted by atomic mass is 10.2. The van der Waals surface area contributed by atoms with Crippen molar-refractivity contribution >= 4 is 23.1 Å². The number of aromatic nitrogens is 1. The number of hydrogen-bond donors (Lipinski definition) is 2. The number of hydrogen-bond acceptors (Lipinski definition) is 3. The standard InChI is InChI=1S/C14H16FN3OS/c1-8-13(20-10(3)16-8)9(2)17-14(19)18-12-6-4-5-11(15)7-12/h4-7,9H,1-3H3,(H2,17,18,19)/t9-/m1/s1. The Labute approximate surface area is 121 Å². The lowest BCUT2D eigenvalue weighted by Gasteiger charge is -2.13. The van der Waals surface area contributed by atoms with Crippen molar-refractivity contribution < 1.29 is 9.18 Å². The van der Waals surface area contributed by atoms with E-state index in [1.165, 1.54) is 12.1 Å². The summed E-state index contributed by atoms with van der Waals surface area (Å²) in [6.07, 6.45) is 0. The van der Waals surface area contributed by atoms with Gasteiger partial charge in [0.15, 0.2) is 0 Å². The maximum atomic E-state index is 13.0. The second kappa shape index (κ2) is 6.00. The minimum absolute atomic E-state index is 0.144. The van der Waals surface area contributed by atoms with E-state index in [1.54, 1.807) is 23.5 Å². The van der Waals surface area contributed by atoms with E-state index in [9.17, 15) is 9.18 Å². The number of nitrogens with zero attached hydrogens (tertiary/aromatic N) is 1. The van der Waals surface area contributed by atoms with Crippen LogP contribution in [0.15, 0.2) is 24.3 Å². The molecule has 0 fully saturated rings. The van der Waals surface area contributed by atoms with Crippen LogP contribution in [0.5, 0.6) is 0 Å². The molecule has 20 heavy (non-hydrogen) atoms. The van der Waals surface area contributed by atoms with Gasteiger partial charge in [0.25, 0.3) is 0 Å². The predicted octanol–water partition coefficient (Wildman–Crippen LogP) is 3.78. The summed E-state index contributed by atoms with van der Waals surface area (Å²) in [5.74, 6) is -0.384. The van der Waals surface area contributed by atoms with E-state index < -0.39 is 0 Å². The smallest absolute Gasteiger partial charge is 0.319 e. The SMILES string of the molecule is Cc1nc(C)c([C@@H](C)NC(=O)Nc2cccc(F)c2)s1. The van der Waals surface area contributed by atoms with Crippen molar-refractivity contribution in [3.8, 4) is 0 Å². The predicted molar refractivity (Wildman–Crippen MR) is 78.6 cm³/mol. The number of thiazole rings is 1. The van der Waals surface area contributed by atoms with E-state index in [-0.39, 0.29) is 17.9 Å². The molecular formula is C14H16FN3OS. The van der Waals surface area contributed by atoms with Gasteiger partial charge in [-0.1, -0.05) is 6.07 Å². The van der Waals surface area contributed by atoms with Gasteiger partial charge < -0.3 is 10.6 Å².